The number of unbranched alkanes of at least 4 members (excludes halogenated alkanes) is 3. The first-order valence-corrected chi connectivity index (χ1v) is 18.6. The Morgan fingerprint density at radius 2 is 1.07 bits per heavy atom. The molecule has 27 heavy (non-hydrogen) atoms. The van der Waals surface area contributed by atoms with Crippen molar-refractivity contribution in [3.8, 4) is 0 Å². The molecule has 3 aromatic carbocycles. The second-order valence-corrected chi connectivity index (χ2v) is 21.4. The summed E-state index contributed by atoms with van der Waals surface area (Å²) in [5.74, 6) is 0. The van der Waals surface area contributed by atoms with Crippen molar-refractivity contribution < 1.29 is 0 Å². The number of benzene rings is 3. The molecular weight excluding hydrogens is 431 g/mol. The third-order valence-electron chi connectivity index (χ3n) is 6.37. The quantitative estimate of drug-likeness (QED) is 0.209. The molecule has 3 rings (SSSR count). The van der Waals surface area contributed by atoms with Crippen LogP contribution in [-0.2, 0) is 0 Å². The molecule has 0 radical (unpaired) electrons. The summed E-state index contributed by atoms with van der Waals surface area (Å²) in [6.45, 7) is 7.11. The van der Waals surface area contributed by atoms with Crippen LogP contribution in [0.4, 0.5) is 0 Å². The maximum absolute atomic E-state index is 2.63. The Bertz CT molecular complexity index is 843. The van der Waals surface area contributed by atoms with Crippen LogP contribution in [0.15, 0.2) is 54.6 Å². The molecule has 0 fully saturated rings. The van der Waals surface area contributed by atoms with Crippen LogP contribution in [0.25, 0.3) is 21.5 Å². The third kappa shape index (κ3) is 4.53. The van der Waals surface area contributed by atoms with Gasteiger partial charge in [0.1, 0.15) is 0 Å². The summed E-state index contributed by atoms with van der Waals surface area (Å²) in [6, 6.07) is 20.9. The molecule has 0 heterocycles. The van der Waals surface area contributed by atoms with Gasteiger partial charge in [-0.05, 0) is 0 Å². The van der Waals surface area contributed by atoms with E-state index in [0.717, 1.165) is 0 Å². The van der Waals surface area contributed by atoms with Gasteiger partial charge in [0.15, 0.2) is 0 Å². The summed E-state index contributed by atoms with van der Waals surface area (Å²) in [4.78, 5) is 0. The Kier molecular flexibility index (Phi) is 7.64. The van der Waals surface area contributed by atoms with Gasteiger partial charge in [-0.2, -0.15) is 0 Å². The number of hydrogen-bond acceptors (Lipinski definition) is 0. The van der Waals surface area contributed by atoms with Gasteiger partial charge in [-0.25, -0.2) is 0 Å². The molecule has 3 aromatic rings. The fraction of sp³-hybridized carbons (Fsp3) is 0.462. The summed E-state index contributed by atoms with van der Waals surface area (Å²) in [5.41, 5.74) is 0. The van der Waals surface area contributed by atoms with E-state index in [1.165, 1.54) is 68.0 Å². The van der Waals surface area contributed by atoms with Crippen LogP contribution in [0.2, 0.25) is 13.3 Å². The van der Waals surface area contributed by atoms with Crippen molar-refractivity contribution in [3.63, 3.8) is 0 Å². The van der Waals surface area contributed by atoms with Crippen molar-refractivity contribution in [1.29, 1.82) is 0 Å². The van der Waals surface area contributed by atoms with Gasteiger partial charge >= 0.3 is 171 Å². The Labute approximate surface area is 170 Å². The van der Waals surface area contributed by atoms with Crippen LogP contribution >= 0.6 is 0 Å². The molecule has 0 amide bonds. The average Bonchev–Trinajstić information content (AvgIpc) is 2.73. The molecule has 0 aromatic heterocycles. The zero-order valence-corrected chi connectivity index (χ0v) is 20.4. The maximum atomic E-state index is 2.63. The van der Waals surface area contributed by atoms with Crippen LogP contribution in [0.1, 0.15) is 59.3 Å². The molecule has 0 saturated heterocycles. The van der Waals surface area contributed by atoms with Crippen LogP contribution in [0.5, 0.6) is 0 Å². The van der Waals surface area contributed by atoms with E-state index in [-0.39, 0.29) is 0 Å². The summed E-state index contributed by atoms with van der Waals surface area (Å²) >= 11 is -2.46. The molecule has 0 N–H and O–H groups in total. The number of hydrogen-bond donors (Lipinski definition) is 0. The first-order valence-electron chi connectivity index (χ1n) is 11.2. The first kappa shape index (κ1) is 20.7. The average molecular weight is 467 g/mol. The zero-order valence-electron chi connectivity index (χ0n) is 17.6. The standard InChI is InChI=1S/C14H9.3C4H9.Sn/c1-3-7-13-11(5-1)9-10-12-6-2-4-8-14(12)13;3*1-3-4-2;/h1-9H;3*1,3-4H2,2H3;. The molecule has 0 aliphatic rings. The van der Waals surface area contributed by atoms with Crippen LogP contribution in [0.3, 0.4) is 0 Å². The van der Waals surface area contributed by atoms with Gasteiger partial charge in [-0.3, -0.25) is 0 Å². The Balaban J connectivity index is 2.25. The van der Waals surface area contributed by atoms with Crippen molar-refractivity contribution >= 4 is 43.5 Å². The van der Waals surface area contributed by atoms with Gasteiger partial charge in [0.25, 0.3) is 0 Å². The monoisotopic (exact) mass is 468 g/mol. The minimum absolute atomic E-state index is 1.34. The van der Waals surface area contributed by atoms with E-state index in [4.69, 9.17) is 0 Å². The molecule has 144 valence electrons. The van der Waals surface area contributed by atoms with Crippen LogP contribution in [0, 0.1) is 0 Å². The van der Waals surface area contributed by atoms with Crippen LogP contribution in [-0.4, -0.2) is 18.4 Å². The molecule has 0 unspecified atom stereocenters. The second-order valence-electron chi connectivity index (χ2n) is 8.28. The van der Waals surface area contributed by atoms with Gasteiger partial charge in [0, 0.05) is 0 Å². The van der Waals surface area contributed by atoms with Crippen molar-refractivity contribution in [2.75, 3.05) is 0 Å². The van der Waals surface area contributed by atoms with Crippen molar-refractivity contribution in [2.45, 2.75) is 72.6 Å². The molecule has 0 nitrogen and oxygen atoms in total. The van der Waals surface area contributed by atoms with Gasteiger partial charge in [0.05, 0.1) is 0 Å². The van der Waals surface area contributed by atoms with Gasteiger partial charge in [-0.1, -0.05) is 0 Å². The predicted octanol–water partition coefficient (Wildman–Crippen LogP) is 8.05. The second kappa shape index (κ2) is 9.96. The normalized spacial score (nSPS) is 12.1. The Hall–Kier alpha value is -1.02. The van der Waals surface area contributed by atoms with Crippen molar-refractivity contribution in [2.24, 2.45) is 0 Å². The van der Waals surface area contributed by atoms with Gasteiger partial charge < -0.3 is 0 Å². The first-order chi connectivity index (χ1) is 13.3. The molecular formula is C26H36Sn. The van der Waals surface area contributed by atoms with E-state index in [1.807, 2.05) is 3.58 Å². The predicted molar refractivity (Wildman–Crippen MR) is 126 cm³/mol. The third-order valence-corrected chi connectivity index (χ3v) is 22.0. The van der Waals surface area contributed by atoms with E-state index in [9.17, 15) is 0 Å². The zero-order chi connectivity index (χ0) is 19.1. The Morgan fingerprint density at radius 3 is 1.63 bits per heavy atom. The van der Waals surface area contributed by atoms with Crippen molar-refractivity contribution in [1.82, 2.24) is 0 Å². The van der Waals surface area contributed by atoms with E-state index < -0.39 is 18.4 Å². The number of fused-ring (bicyclic) bond motifs is 3. The fourth-order valence-corrected chi connectivity index (χ4v) is 21.7. The van der Waals surface area contributed by atoms with E-state index in [1.54, 1.807) is 5.39 Å². The molecule has 0 atom stereocenters. The molecule has 0 saturated carbocycles. The summed E-state index contributed by atoms with van der Waals surface area (Å²) in [5, 5.41) is 5.95. The summed E-state index contributed by atoms with van der Waals surface area (Å²) in [7, 11) is 0. The molecule has 0 spiro atoms. The van der Waals surface area contributed by atoms with Crippen LogP contribution < -0.4 is 3.58 Å². The molecule has 0 bridgehead atoms. The van der Waals surface area contributed by atoms with E-state index >= 15 is 0 Å². The SMILES string of the molecule is CCC[CH2][Sn]([CH2]CCC)([CH2]CCC)[c]1cc2ccccc2c2ccccc12. The Morgan fingerprint density at radius 1 is 0.593 bits per heavy atom. The molecule has 1 heteroatoms. The minimum atomic E-state index is -2.46. The van der Waals surface area contributed by atoms with Crippen molar-refractivity contribution in [3.05, 3.63) is 54.6 Å². The van der Waals surface area contributed by atoms with E-state index in [2.05, 4.69) is 75.4 Å². The summed E-state index contributed by atoms with van der Waals surface area (Å²) < 4.78 is 6.43. The number of rotatable bonds is 10. The van der Waals surface area contributed by atoms with Gasteiger partial charge in [-0.15, -0.1) is 0 Å². The summed E-state index contributed by atoms with van der Waals surface area (Å²) in [6.07, 6.45) is 8.27. The van der Waals surface area contributed by atoms with E-state index in [0.29, 0.717) is 0 Å². The van der Waals surface area contributed by atoms with Gasteiger partial charge in [0.2, 0.25) is 0 Å². The fourth-order valence-electron chi connectivity index (χ4n) is 4.82. The molecule has 0 aliphatic carbocycles. The topological polar surface area (TPSA) is 0 Å². The molecule has 0 aliphatic heterocycles.